The quantitative estimate of drug-likeness (QED) is 0.601. The minimum absolute atomic E-state index is 0.908. The van der Waals surface area contributed by atoms with Gasteiger partial charge < -0.3 is 4.74 Å². The smallest absolute Gasteiger partial charge is 0.0466 e. The molecule has 0 spiro atoms. The highest BCUT2D eigenvalue weighted by molar-refractivity contribution is 5.14. The Kier molecular flexibility index (Phi) is 6.09. The molecule has 1 rings (SSSR count). The van der Waals surface area contributed by atoms with E-state index >= 15 is 0 Å². The molecular formula is C13H20O. The van der Waals surface area contributed by atoms with Gasteiger partial charge in [0.05, 0.1) is 0 Å². The molecule has 0 aliphatic rings. The first-order valence-electron chi connectivity index (χ1n) is 5.55. The van der Waals surface area contributed by atoms with Gasteiger partial charge in [-0.2, -0.15) is 0 Å². The van der Waals surface area contributed by atoms with Crippen molar-refractivity contribution in [1.82, 2.24) is 0 Å². The van der Waals surface area contributed by atoms with Crippen LogP contribution in [0.15, 0.2) is 30.3 Å². The Morgan fingerprint density at radius 2 is 1.79 bits per heavy atom. The number of hydrogen-bond donors (Lipinski definition) is 0. The highest BCUT2D eigenvalue weighted by atomic mass is 16.5. The second-order valence-electron chi connectivity index (χ2n) is 3.56. The van der Waals surface area contributed by atoms with Gasteiger partial charge in [0.1, 0.15) is 0 Å². The van der Waals surface area contributed by atoms with Gasteiger partial charge in [-0.15, -0.1) is 0 Å². The Hall–Kier alpha value is -0.820. The van der Waals surface area contributed by atoms with Crippen molar-refractivity contribution >= 4 is 0 Å². The third kappa shape index (κ3) is 5.03. The number of ether oxygens (including phenoxy) is 1. The van der Waals surface area contributed by atoms with Crippen LogP contribution in [0.1, 0.15) is 31.7 Å². The highest BCUT2D eigenvalue weighted by Crippen LogP contribution is 2.04. The van der Waals surface area contributed by atoms with Crippen LogP contribution in [0.2, 0.25) is 0 Å². The lowest BCUT2D eigenvalue weighted by molar-refractivity contribution is 0.131. The lowest BCUT2D eigenvalue weighted by atomic mass is 10.1. The van der Waals surface area contributed by atoms with Gasteiger partial charge in [-0.25, -0.2) is 0 Å². The maximum absolute atomic E-state index is 5.42. The fourth-order valence-electron chi connectivity index (χ4n) is 1.42. The molecule has 78 valence electrons. The monoisotopic (exact) mass is 192 g/mol. The number of hydrogen-bond acceptors (Lipinski definition) is 1. The summed E-state index contributed by atoms with van der Waals surface area (Å²) in [5.74, 6) is 0. The van der Waals surface area contributed by atoms with Crippen LogP contribution in [0.3, 0.4) is 0 Å². The Morgan fingerprint density at radius 3 is 2.50 bits per heavy atom. The number of unbranched alkanes of at least 4 members (excludes halogenated alkanes) is 1. The molecule has 0 aromatic heterocycles. The second-order valence-corrected chi connectivity index (χ2v) is 3.56. The highest BCUT2D eigenvalue weighted by Gasteiger charge is 1.92. The average molecular weight is 192 g/mol. The number of rotatable bonds is 7. The number of benzene rings is 1. The zero-order chi connectivity index (χ0) is 10.1. The summed E-state index contributed by atoms with van der Waals surface area (Å²) in [5, 5.41) is 0. The molecule has 1 nitrogen and oxygen atoms in total. The van der Waals surface area contributed by atoms with Gasteiger partial charge in [0.2, 0.25) is 0 Å². The van der Waals surface area contributed by atoms with Crippen molar-refractivity contribution in [3.63, 3.8) is 0 Å². The normalized spacial score (nSPS) is 10.4. The molecule has 0 N–H and O–H groups in total. The predicted octanol–water partition coefficient (Wildman–Crippen LogP) is 3.44. The zero-order valence-electron chi connectivity index (χ0n) is 9.04. The summed E-state index contributed by atoms with van der Waals surface area (Å²) < 4.78 is 5.42. The molecule has 1 aromatic carbocycles. The minimum Gasteiger partial charge on any atom is -0.381 e. The van der Waals surface area contributed by atoms with E-state index < -0.39 is 0 Å². The molecule has 1 heteroatoms. The molecule has 14 heavy (non-hydrogen) atoms. The van der Waals surface area contributed by atoms with E-state index in [-0.39, 0.29) is 0 Å². The van der Waals surface area contributed by atoms with Crippen molar-refractivity contribution in [3.8, 4) is 0 Å². The predicted molar refractivity (Wildman–Crippen MR) is 60.5 cm³/mol. The molecule has 0 fully saturated rings. The van der Waals surface area contributed by atoms with Crippen LogP contribution in [-0.4, -0.2) is 13.2 Å². The van der Waals surface area contributed by atoms with Gasteiger partial charge in [0, 0.05) is 13.2 Å². The van der Waals surface area contributed by atoms with Gasteiger partial charge in [0.15, 0.2) is 0 Å². The van der Waals surface area contributed by atoms with Crippen LogP contribution in [0.4, 0.5) is 0 Å². The fourth-order valence-corrected chi connectivity index (χ4v) is 1.42. The van der Waals surface area contributed by atoms with E-state index in [0.717, 1.165) is 19.6 Å². The molecule has 0 bridgehead atoms. The van der Waals surface area contributed by atoms with Gasteiger partial charge in [-0.3, -0.25) is 0 Å². The third-order valence-corrected chi connectivity index (χ3v) is 2.20. The van der Waals surface area contributed by atoms with Crippen LogP contribution < -0.4 is 0 Å². The van der Waals surface area contributed by atoms with Crippen LogP contribution in [0.5, 0.6) is 0 Å². The average Bonchev–Trinajstić information content (AvgIpc) is 2.25. The number of aryl methyl sites for hydroxylation is 1. The maximum Gasteiger partial charge on any atom is 0.0466 e. The lowest BCUT2D eigenvalue weighted by Crippen LogP contribution is -1.96. The Balaban J connectivity index is 1.99. The summed E-state index contributed by atoms with van der Waals surface area (Å²) in [6.07, 6.45) is 4.71. The van der Waals surface area contributed by atoms with Crippen molar-refractivity contribution in [3.05, 3.63) is 35.9 Å². The molecule has 1 aromatic rings. The Morgan fingerprint density at radius 1 is 1.00 bits per heavy atom. The summed E-state index contributed by atoms with van der Waals surface area (Å²) in [4.78, 5) is 0. The molecule has 0 saturated carbocycles. The largest absolute Gasteiger partial charge is 0.381 e. The van der Waals surface area contributed by atoms with Crippen LogP contribution >= 0.6 is 0 Å². The van der Waals surface area contributed by atoms with Gasteiger partial charge >= 0.3 is 0 Å². The summed E-state index contributed by atoms with van der Waals surface area (Å²) in [5.41, 5.74) is 1.43. The molecule has 0 aliphatic heterocycles. The second kappa shape index (κ2) is 7.57. The van der Waals surface area contributed by atoms with Gasteiger partial charge in [0.25, 0.3) is 0 Å². The first-order chi connectivity index (χ1) is 6.93. The molecule has 0 saturated heterocycles. The lowest BCUT2D eigenvalue weighted by Gasteiger charge is -2.02. The summed E-state index contributed by atoms with van der Waals surface area (Å²) in [7, 11) is 0. The molecule has 0 radical (unpaired) electrons. The van der Waals surface area contributed by atoms with Gasteiger partial charge in [-0.05, 0) is 31.2 Å². The summed E-state index contributed by atoms with van der Waals surface area (Å²) in [6.45, 7) is 3.97. The van der Waals surface area contributed by atoms with Crippen LogP contribution in [-0.2, 0) is 11.2 Å². The minimum atomic E-state index is 0.908. The molecule has 0 atom stereocenters. The Bertz CT molecular complexity index is 218. The molecule has 0 aliphatic carbocycles. The summed E-state index contributed by atoms with van der Waals surface area (Å²) >= 11 is 0. The molecule has 0 heterocycles. The molecular weight excluding hydrogens is 172 g/mol. The van der Waals surface area contributed by atoms with E-state index in [4.69, 9.17) is 4.74 Å². The van der Waals surface area contributed by atoms with E-state index in [1.54, 1.807) is 0 Å². The van der Waals surface area contributed by atoms with Crippen LogP contribution in [0.25, 0.3) is 0 Å². The topological polar surface area (TPSA) is 9.23 Å². The summed E-state index contributed by atoms with van der Waals surface area (Å²) in [6, 6.07) is 10.6. The van der Waals surface area contributed by atoms with Crippen molar-refractivity contribution in [2.45, 2.75) is 32.6 Å². The molecule has 0 unspecified atom stereocenters. The van der Waals surface area contributed by atoms with Crippen molar-refractivity contribution < 1.29 is 4.74 Å². The van der Waals surface area contributed by atoms with Crippen molar-refractivity contribution in [1.29, 1.82) is 0 Å². The third-order valence-electron chi connectivity index (χ3n) is 2.20. The van der Waals surface area contributed by atoms with E-state index in [9.17, 15) is 0 Å². The maximum atomic E-state index is 5.42. The fraction of sp³-hybridized carbons (Fsp3) is 0.538. The van der Waals surface area contributed by atoms with Crippen molar-refractivity contribution in [2.75, 3.05) is 13.2 Å². The SMILES string of the molecule is CCCOCCCCc1ccccc1. The van der Waals surface area contributed by atoms with Crippen LogP contribution in [0, 0.1) is 0 Å². The standard InChI is InChI=1S/C13H20O/c1-2-11-14-12-7-6-10-13-8-4-3-5-9-13/h3-5,8-9H,2,6-7,10-12H2,1H3. The first kappa shape index (κ1) is 11.3. The Labute approximate surface area is 87.1 Å². The van der Waals surface area contributed by atoms with E-state index in [2.05, 4.69) is 37.3 Å². The van der Waals surface area contributed by atoms with Gasteiger partial charge in [-0.1, -0.05) is 37.3 Å². The first-order valence-corrected chi connectivity index (χ1v) is 5.55. The van der Waals surface area contributed by atoms with E-state index in [0.29, 0.717) is 0 Å². The van der Waals surface area contributed by atoms with E-state index in [1.807, 2.05) is 0 Å². The zero-order valence-corrected chi connectivity index (χ0v) is 9.04. The van der Waals surface area contributed by atoms with Crippen molar-refractivity contribution in [2.24, 2.45) is 0 Å². The van der Waals surface area contributed by atoms with E-state index in [1.165, 1.54) is 24.8 Å². The molecule has 0 amide bonds.